The Labute approximate surface area is 97.3 Å². The van der Waals surface area contributed by atoms with Crippen molar-refractivity contribution in [3.8, 4) is 0 Å². The number of esters is 1. The van der Waals surface area contributed by atoms with Crippen LogP contribution in [-0.2, 0) is 14.3 Å². The smallest absolute Gasteiger partial charge is 0.316 e. The number of halogens is 2. The van der Waals surface area contributed by atoms with Crippen LogP contribution in [0, 0.1) is 0 Å². The van der Waals surface area contributed by atoms with Gasteiger partial charge in [0.1, 0.15) is 17.2 Å². The molecule has 0 aromatic carbocycles. The molecule has 14 heavy (non-hydrogen) atoms. The summed E-state index contributed by atoms with van der Waals surface area (Å²) in [6, 6.07) is 0. The largest absolute Gasteiger partial charge is 0.461 e. The lowest BCUT2D eigenvalue weighted by molar-refractivity contribution is -0.147. The third kappa shape index (κ3) is 7.33. The molecule has 0 fully saturated rings. The van der Waals surface area contributed by atoms with Crippen LogP contribution in [0.1, 0.15) is 26.2 Å². The summed E-state index contributed by atoms with van der Waals surface area (Å²) in [4.78, 5) is 21.8. The van der Waals surface area contributed by atoms with Crippen LogP contribution < -0.4 is 0 Å². The topological polar surface area (TPSA) is 43.4 Å². The highest BCUT2D eigenvalue weighted by Crippen LogP contribution is 2.09. The number of hydrogen-bond acceptors (Lipinski definition) is 3. The van der Waals surface area contributed by atoms with E-state index in [1.54, 1.807) is 0 Å². The maximum Gasteiger partial charge on any atom is 0.316 e. The van der Waals surface area contributed by atoms with Crippen molar-refractivity contribution in [1.82, 2.24) is 0 Å². The summed E-state index contributed by atoms with van der Waals surface area (Å²) < 4.78 is 5.05. The Kier molecular flexibility index (Phi) is 8.18. The van der Waals surface area contributed by atoms with Gasteiger partial charge in [-0.3, -0.25) is 9.59 Å². The lowest BCUT2D eigenvalue weighted by atomic mass is 10.1. The molecule has 82 valence electrons. The number of Topliss-reactive ketones (excluding diaryl/α,β-unsaturated/α-hetero) is 1. The molecule has 0 rings (SSSR count). The Bertz CT molecular complexity index is 196. The standard InChI is InChI=1S/C9H14BrClO3/c1-7(12)5-8(3-2-4-11)14-9(13)6-10/h8H,2-6H2,1H3. The van der Waals surface area contributed by atoms with Gasteiger partial charge in [-0.2, -0.15) is 0 Å². The summed E-state index contributed by atoms with van der Waals surface area (Å²) in [5, 5.41) is 0.155. The van der Waals surface area contributed by atoms with Gasteiger partial charge in [-0.15, -0.1) is 11.6 Å². The Balaban J connectivity index is 3.96. The predicted octanol–water partition coefficient (Wildman–Crippen LogP) is 2.29. The van der Waals surface area contributed by atoms with Crippen LogP contribution in [0.4, 0.5) is 0 Å². The molecule has 0 spiro atoms. The van der Waals surface area contributed by atoms with Gasteiger partial charge in [-0.05, 0) is 19.8 Å². The van der Waals surface area contributed by atoms with Crippen molar-refractivity contribution < 1.29 is 14.3 Å². The molecule has 5 heteroatoms. The van der Waals surface area contributed by atoms with Crippen LogP contribution in [0.5, 0.6) is 0 Å². The average molecular weight is 286 g/mol. The minimum Gasteiger partial charge on any atom is -0.461 e. The monoisotopic (exact) mass is 284 g/mol. The van der Waals surface area contributed by atoms with Crippen LogP contribution in [0.15, 0.2) is 0 Å². The first kappa shape index (κ1) is 13.9. The van der Waals surface area contributed by atoms with E-state index in [4.69, 9.17) is 16.3 Å². The van der Waals surface area contributed by atoms with Gasteiger partial charge in [0.05, 0.1) is 0 Å². The van der Waals surface area contributed by atoms with Crippen molar-refractivity contribution >= 4 is 39.3 Å². The van der Waals surface area contributed by atoms with Crippen molar-refractivity contribution in [3.05, 3.63) is 0 Å². The number of carbonyl (C=O) groups excluding carboxylic acids is 2. The van der Waals surface area contributed by atoms with Crippen LogP contribution in [0.25, 0.3) is 0 Å². The second-order valence-electron chi connectivity index (χ2n) is 2.98. The fraction of sp³-hybridized carbons (Fsp3) is 0.778. The molecule has 0 aliphatic rings. The summed E-state index contributed by atoms with van der Waals surface area (Å²) in [6.45, 7) is 1.48. The van der Waals surface area contributed by atoms with Gasteiger partial charge < -0.3 is 4.74 Å². The van der Waals surface area contributed by atoms with Crippen molar-refractivity contribution in [2.45, 2.75) is 32.3 Å². The molecule has 3 nitrogen and oxygen atoms in total. The van der Waals surface area contributed by atoms with E-state index in [0.717, 1.165) is 6.42 Å². The Morgan fingerprint density at radius 2 is 2.14 bits per heavy atom. The van der Waals surface area contributed by atoms with Gasteiger partial charge >= 0.3 is 5.97 Å². The van der Waals surface area contributed by atoms with E-state index >= 15 is 0 Å². The summed E-state index contributed by atoms with van der Waals surface area (Å²) in [6.07, 6.45) is 1.34. The van der Waals surface area contributed by atoms with Crippen LogP contribution in [0.2, 0.25) is 0 Å². The molecule has 1 unspecified atom stereocenters. The van der Waals surface area contributed by atoms with Gasteiger partial charge in [0.15, 0.2) is 0 Å². The summed E-state index contributed by atoms with van der Waals surface area (Å²) in [5.41, 5.74) is 0. The molecule has 0 radical (unpaired) electrons. The molecule has 0 aromatic heterocycles. The van der Waals surface area contributed by atoms with Crippen molar-refractivity contribution in [2.75, 3.05) is 11.2 Å². The van der Waals surface area contributed by atoms with E-state index in [1.165, 1.54) is 6.92 Å². The number of alkyl halides is 2. The van der Waals surface area contributed by atoms with Gasteiger partial charge in [0.2, 0.25) is 0 Å². The van der Waals surface area contributed by atoms with Gasteiger partial charge in [-0.25, -0.2) is 0 Å². The number of rotatable bonds is 7. The minimum absolute atomic E-state index is 0.0203. The zero-order valence-corrected chi connectivity index (χ0v) is 10.4. The summed E-state index contributed by atoms with van der Waals surface area (Å²) in [7, 11) is 0. The van der Waals surface area contributed by atoms with Gasteiger partial charge in [-0.1, -0.05) is 15.9 Å². The molecule has 0 amide bonds. The predicted molar refractivity (Wildman–Crippen MR) is 58.9 cm³/mol. The Morgan fingerprint density at radius 1 is 1.50 bits per heavy atom. The molecule has 0 bridgehead atoms. The molecule has 0 saturated heterocycles. The quantitative estimate of drug-likeness (QED) is 0.532. The normalized spacial score (nSPS) is 12.2. The summed E-state index contributed by atoms with van der Waals surface area (Å²) in [5.74, 6) is 0.193. The molecular weight excluding hydrogens is 271 g/mol. The van der Waals surface area contributed by atoms with E-state index in [9.17, 15) is 9.59 Å². The fourth-order valence-electron chi connectivity index (χ4n) is 1.05. The third-order valence-corrected chi connectivity index (χ3v) is 2.31. The van der Waals surface area contributed by atoms with E-state index in [1.807, 2.05) is 0 Å². The lowest BCUT2D eigenvalue weighted by Gasteiger charge is -2.15. The summed E-state index contributed by atoms with van der Waals surface area (Å²) >= 11 is 8.51. The highest BCUT2D eigenvalue weighted by Gasteiger charge is 2.15. The third-order valence-electron chi connectivity index (χ3n) is 1.58. The van der Waals surface area contributed by atoms with E-state index in [-0.39, 0.29) is 29.6 Å². The zero-order chi connectivity index (χ0) is 11.0. The lowest BCUT2D eigenvalue weighted by Crippen LogP contribution is -2.21. The first-order valence-corrected chi connectivity index (χ1v) is 6.06. The molecule has 0 saturated carbocycles. The highest BCUT2D eigenvalue weighted by atomic mass is 79.9. The molecule has 0 aromatic rings. The first-order chi connectivity index (χ1) is 6.60. The first-order valence-electron chi connectivity index (χ1n) is 4.41. The SMILES string of the molecule is CC(=O)CC(CCCCl)OC(=O)CBr. The number of ketones is 1. The molecule has 0 aliphatic heterocycles. The van der Waals surface area contributed by atoms with Crippen molar-refractivity contribution in [2.24, 2.45) is 0 Å². The number of carbonyl (C=O) groups is 2. The van der Waals surface area contributed by atoms with Gasteiger partial charge in [0.25, 0.3) is 0 Å². The molecule has 0 aliphatic carbocycles. The maximum atomic E-state index is 11.0. The molecule has 0 heterocycles. The van der Waals surface area contributed by atoms with Crippen LogP contribution in [-0.4, -0.2) is 29.1 Å². The second-order valence-corrected chi connectivity index (χ2v) is 3.92. The Hall–Kier alpha value is -0.0900. The minimum atomic E-state index is -0.342. The maximum absolute atomic E-state index is 11.0. The number of ether oxygens (including phenoxy) is 1. The average Bonchev–Trinajstić information content (AvgIpc) is 2.13. The zero-order valence-electron chi connectivity index (χ0n) is 8.09. The molecular formula is C9H14BrClO3. The molecule has 1 atom stereocenters. The van der Waals surface area contributed by atoms with E-state index in [2.05, 4.69) is 15.9 Å². The van der Waals surface area contributed by atoms with Crippen LogP contribution in [0.3, 0.4) is 0 Å². The van der Waals surface area contributed by atoms with Gasteiger partial charge in [0, 0.05) is 12.3 Å². The fourth-order valence-corrected chi connectivity index (χ4v) is 1.33. The molecule has 0 N–H and O–H groups in total. The van der Waals surface area contributed by atoms with Crippen LogP contribution >= 0.6 is 27.5 Å². The van der Waals surface area contributed by atoms with Crippen molar-refractivity contribution in [3.63, 3.8) is 0 Å². The highest BCUT2D eigenvalue weighted by molar-refractivity contribution is 9.09. The number of hydrogen-bond donors (Lipinski definition) is 0. The Morgan fingerprint density at radius 3 is 2.57 bits per heavy atom. The second kappa shape index (κ2) is 8.24. The van der Waals surface area contributed by atoms with E-state index in [0.29, 0.717) is 12.3 Å². The van der Waals surface area contributed by atoms with Crippen molar-refractivity contribution in [1.29, 1.82) is 0 Å². The van der Waals surface area contributed by atoms with E-state index < -0.39 is 0 Å².